The average Bonchev–Trinajstić information content (AvgIpc) is 2.29. The number of nitro groups is 1. The Labute approximate surface area is 96.8 Å². The van der Waals surface area contributed by atoms with Gasteiger partial charge in [0.05, 0.1) is 4.92 Å². The second kappa shape index (κ2) is 6.09. The third-order valence-corrected chi connectivity index (χ3v) is 2.20. The lowest BCUT2D eigenvalue weighted by Gasteiger charge is -2.08. The zero-order valence-electron chi connectivity index (χ0n) is 9.08. The zero-order valence-corrected chi connectivity index (χ0v) is 9.08. The van der Waals surface area contributed by atoms with Gasteiger partial charge in [-0.1, -0.05) is 0 Å². The van der Waals surface area contributed by atoms with Crippen LogP contribution < -0.4 is 11.1 Å². The normalized spacial score (nSPS) is 10.3. The van der Waals surface area contributed by atoms with Crippen LogP contribution in [0.15, 0.2) is 12.1 Å². The molecule has 0 heterocycles. The van der Waals surface area contributed by atoms with E-state index in [0.717, 1.165) is 12.1 Å². The van der Waals surface area contributed by atoms with Crippen LogP contribution in [0.25, 0.3) is 0 Å². The highest BCUT2D eigenvalue weighted by Gasteiger charge is 2.20. The van der Waals surface area contributed by atoms with E-state index in [9.17, 15) is 18.9 Å². The monoisotopic (exact) mass is 245 g/mol. The molecule has 0 amide bonds. The number of nitrogens with one attached hydrogen (secondary N) is 1. The molecule has 0 spiro atoms. The van der Waals surface area contributed by atoms with Gasteiger partial charge in [0.25, 0.3) is 5.69 Å². The van der Waals surface area contributed by atoms with Gasteiger partial charge in [-0.05, 0) is 25.5 Å². The Morgan fingerprint density at radius 3 is 2.65 bits per heavy atom. The molecule has 0 saturated heterocycles. The molecular weight excluding hydrogens is 232 g/mol. The number of rotatable bonds is 6. The fourth-order valence-corrected chi connectivity index (χ4v) is 1.34. The lowest BCUT2D eigenvalue weighted by atomic mass is 10.2. The van der Waals surface area contributed by atoms with Crippen molar-refractivity contribution in [3.05, 3.63) is 33.9 Å². The summed E-state index contributed by atoms with van der Waals surface area (Å²) >= 11 is 0. The average molecular weight is 245 g/mol. The molecule has 7 heteroatoms. The lowest BCUT2D eigenvalue weighted by molar-refractivity contribution is -0.384. The second-order valence-corrected chi connectivity index (χ2v) is 3.44. The quantitative estimate of drug-likeness (QED) is 0.456. The van der Waals surface area contributed by atoms with Crippen LogP contribution in [0.2, 0.25) is 0 Å². The second-order valence-electron chi connectivity index (χ2n) is 3.44. The molecule has 1 rings (SSSR count). The van der Waals surface area contributed by atoms with Crippen molar-refractivity contribution in [2.24, 2.45) is 5.73 Å². The molecule has 5 nitrogen and oxygen atoms in total. The van der Waals surface area contributed by atoms with Gasteiger partial charge < -0.3 is 11.1 Å². The summed E-state index contributed by atoms with van der Waals surface area (Å²) < 4.78 is 26.3. The fraction of sp³-hybridized carbons (Fsp3) is 0.400. The van der Waals surface area contributed by atoms with Crippen LogP contribution in [0.4, 0.5) is 20.2 Å². The molecule has 1 aromatic carbocycles. The molecule has 17 heavy (non-hydrogen) atoms. The van der Waals surface area contributed by atoms with Crippen LogP contribution >= 0.6 is 0 Å². The maximum atomic E-state index is 13.4. The molecule has 0 aliphatic rings. The van der Waals surface area contributed by atoms with Crippen LogP contribution in [0.3, 0.4) is 0 Å². The Morgan fingerprint density at radius 2 is 2.06 bits per heavy atom. The Morgan fingerprint density at radius 1 is 1.35 bits per heavy atom. The first-order valence-corrected chi connectivity index (χ1v) is 5.14. The molecule has 0 unspecified atom stereocenters. The molecule has 0 saturated carbocycles. The molecule has 0 aliphatic heterocycles. The van der Waals surface area contributed by atoms with Crippen molar-refractivity contribution in [2.75, 3.05) is 18.4 Å². The molecule has 0 fully saturated rings. The largest absolute Gasteiger partial charge is 0.377 e. The molecular formula is C10H13F2N3O2. The Bertz CT molecular complexity index is 413. The van der Waals surface area contributed by atoms with Crippen LogP contribution in [0.5, 0.6) is 0 Å². The van der Waals surface area contributed by atoms with Crippen molar-refractivity contribution in [3.63, 3.8) is 0 Å². The summed E-state index contributed by atoms with van der Waals surface area (Å²) in [6.07, 6.45) is 1.33. The first-order chi connectivity index (χ1) is 8.07. The summed E-state index contributed by atoms with van der Waals surface area (Å²) in [7, 11) is 0. The third-order valence-electron chi connectivity index (χ3n) is 2.20. The van der Waals surface area contributed by atoms with Gasteiger partial charge in [0.2, 0.25) is 0 Å². The smallest absolute Gasteiger partial charge is 0.295 e. The summed E-state index contributed by atoms with van der Waals surface area (Å²) in [5, 5.41) is 13.2. The third kappa shape index (κ3) is 3.35. The van der Waals surface area contributed by atoms with Gasteiger partial charge in [0.1, 0.15) is 0 Å². The highest BCUT2D eigenvalue weighted by Crippen LogP contribution is 2.28. The van der Waals surface area contributed by atoms with E-state index in [0.29, 0.717) is 25.9 Å². The highest BCUT2D eigenvalue weighted by molar-refractivity contribution is 5.62. The van der Waals surface area contributed by atoms with Gasteiger partial charge in [-0.15, -0.1) is 0 Å². The van der Waals surface area contributed by atoms with Crippen LogP contribution in [0, 0.1) is 21.7 Å². The van der Waals surface area contributed by atoms with E-state index in [2.05, 4.69) is 5.32 Å². The number of benzene rings is 1. The predicted molar refractivity (Wildman–Crippen MR) is 59.8 cm³/mol. The SMILES string of the molecule is NCCCCNc1c([N+](=O)[O-])ccc(F)c1F. The summed E-state index contributed by atoms with van der Waals surface area (Å²) in [6, 6.07) is 1.67. The highest BCUT2D eigenvalue weighted by atomic mass is 19.2. The van der Waals surface area contributed by atoms with Gasteiger partial charge in [0.15, 0.2) is 17.3 Å². The minimum atomic E-state index is -1.23. The minimum Gasteiger partial charge on any atom is -0.377 e. The standard InChI is InChI=1S/C10H13F2N3O2/c11-7-3-4-8(15(16)17)10(9(7)12)14-6-2-1-5-13/h3-4,14H,1-2,5-6,13H2. The first-order valence-electron chi connectivity index (χ1n) is 5.14. The van der Waals surface area contributed by atoms with Gasteiger partial charge in [-0.3, -0.25) is 10.1 Å². The number of nitrogens with zero attached hydrogens (tertiary/aromatic N) is 1. The summed E-state index contributed by atoms with van der Waals surface area (Å²) in [5.41, 5.74) is 4.38. The molecule has 0 atom stereocenters. The Balaban J connectivity index is 2.86. The Hall–Kier alpha value is -1.76. The van der Waals surface area contributed by atoms with Crippen molar-refractivity contribution in [1.82, 2.24) is 0 Å². The molecule has 1 aromatic rings. The van der Waals surface area contributed by atoms with Gasteiger partial charge >= 0.3 is 0 Å². The molecule has 3 N–H and O–H groups in total. The topological polar surface area (TPSA) is 81.2 Å². The summed E-state index contributed by atoms with van der Waals surface area (Å²) in [6.45, 7) is 0.786. The van der Waals surface area contributed by atoms with E-state index in [1.54, 1.807) is 0 Å². The maximum absolute atomic E-state index is 13.4. The molecule has 0 radical (unpaired) electrons. The van der Waals surface area contributed by atoms with Gasteiger partial charge in [-0.25, -0.2) is 8.78 Å². The Kier molecular flexibility index (Phi) is 4.77. The number of halogens is 2. The first kappa shape index (κ1) is 13.3. The number of nitrogens with two attached hydrogens (primary N) is 1. The van der Waals surface area contributed by atoms with Crippen LogP contribution in [-0.4, -0.2) is 18.0 Å². The summed E-state index contributed by atoms with van der Waals surface area (Å²) in [5.74, 6) is -2.34. The molecule has 0 bridgehead atoms. The number of anilines is 1. The van der Waals surface area contributed by atoms with E-state index >= 15 is 0 Å². The minimum absolute atomic E-state index is 0.304. The van der Waals surface area contributed by atoms with Gasteiger partial charge in [0, 0.05) is 12.6 Å². The number of unbranched alkanes of at least 4 members (excludes halogenated alkanes) is 1. The predicted octanol–water partition coefficient (Wildman–Crippen LogP) is 2.02. The van der Waals surface area contributed by atoms with Crippen molar-refractivity contribution >= 4 is 11.4 Å². The van der Waals surface area contributed by atoms with Crippen molar-refractivity contribution in [3.8, 4) is 0 Å². The van der Waals surface area contributed by atoms with E-state index in [-0.39, 0.29) is 0 Å². The van der Waals surface area contributed by atoms with Crippen LogP contribution in [-0.2, 0) is 0 Å². The van der Waals surface area contributed by atoms with Crippen molar-refractivity contribution in [2.45, 2.75) is 12.8 Å². The van der Waals surface area contributed by atoms with E-state index in [1.165, 1.54) is 0 Å². The van der Waals surface area contributed by atoms with E-state index in [1.807, 2.05) is 0 Å². The van der Waals surface area contributed by atoms with E-state index < -0.39 is 27.9 Å². The fourth-order valence-electron chi connectivity index (χ4n) is 1.34. The summed E-state index contributed by atoms with van der Waals surface area (Å²) in [4.78, 5) is 9.87. The molecule has 0 aliphatic carbocycles. The lowest BCUT2D eigenvalue weighted by Crippen LogP contribution is -2.09. The number of nitro benzene ring substituents is 1. The van der Waals surface area contributed by atoms with Gasteiger partial charge in [-0.2, -0.15) is 0 Å². The number of hydrogen-bond acceptors (Lipinski definition) is 4. The van der Waals surface area contributed by atoms with E-state index in [4.69, 9.17) is 5.73 Å². The zero-order chi connectivity index (χ0) is 12.8. The van der Waals surface area contributed by atoms with Crippen molar-refractivity contribution in [1.29, 1.82) is 0 Å². The molecule has 94 valence electrons. The maximum Gasteiger partial charge on any atom is 0.295 e. The molecule has 0 aromatic heterocycles. The van der Waals surface area contributed by atoms with Crippen LogP contribution in [0.1, 0.15) is 12.8 Å². The van der Waals surface area contributed by atoms with Crippen molar-refractivity contribution < 1.29 is 13.7 Å². The number of hydrogen-bond donors (Lipinski definition) is 2.